The van der Waals surface area contributed by atoms with E-state index in [-0.39, 0.29) is 5.91 Å². The Kier molecular flexibility index (Phi) is 5.96. The van der Waals surface area contributed by atoms with Crippen LogP contribution in [0.2, 0.25) is 0 Å². The number of hydrogen-bond donors (Lipinski definition) is 1. The lowest BCUT2D eigenvalue weighted by Gasteiger charge is -2.36. The molecule has 2 amide bonds. The molecule has 0 saturated heterocycles. The molecule has 0 aromatic heterocycles. The summed E-state index contributed by atoms with van der Waals surface area (Å²) in [5.41, 5.74) is 3.44. The van der Waals surface area contributed by atoms with Crippen molar-refractivity contribution in [3.63, 3.8) is 0 Å². The largest absolute Gasteiger partial charge is 0.444 e. The Labute approximate surface area is 173 Å². The molecule has 1 atom stereocenters. The fourth-order valence-electron chi connectivity index (χ4n) is 3.45. The highest BCUT2D eigenvalue weighted by molar-refractivity contribution is 5.97. The van der Waals surface area contributed by atoms with Crippen LogP contribution in [-0.2, 0) is 22.5 Å². The number of fused-ring (bicyclic) bond motifs is 1. The van der Waals surface area contributed by atoms with Crippen LogP contribution >= 0.6 is 0 Å². The zero-order valence-electron chi connectivity index (χ0n) is 17.9. The van der Waals surface area contributed by atoms with E-state index >= 15 is 0 Å². The van der Waals surface area contributed by atoms with Crippen molar-refractivity contribution in [2.75, 3.05) is 5.32 Å². The van der Waals surface area contributed by atoms with Crippen LogP contribution in [0.4, 0.5) is 10.5 Å². The molecule has 0 aliphatic carbocycles. The van der Waals surface area contributed by atoms with Gasteiger partial charge in [-0.3, -0.25) is 9.69 Å². The van der Waals surface area contributed by atoms with E-state index < -0.39 is 17.7 Å². The van der Waals surface area contributed by atoms with Gasteiger partial charge >= 0.3 is 6.09 Å². The molecule has 0 unspecified atom stereocenters. The summed E-state index contributed by atoms with van der Waals surface area (Å²) in [5.74, 6) is 0.222. The van der Waals surface area contributed by atoms with E-state index in [4.69, 9.17) is 4.74 Å². The van der Waals surface area contributed by atoms with Crippen LogP contribution in [0.25, 0.3) is 0 Å². The SMILES string of the molecule is CC(C)c1ccc(NC(=O)[C@@H]2Cc3ccccc3CN2C(=O)OC(C)(C)C)cc1. The Bertz CT molecular complexity index is 882. The highest BCUT2D eigenvalue weighted by atomic mass is 16.6. The molecule has 1 aliphatic rings. The molecule has 0 fully saturated rings. The van der Waals surface area contributed by atoms with Gasteiger partial charge in [-0.25, -0.2) is 4.79 Å². The molecule has 0 radical (unpaired) electrons. The van der Waals surface area contributed by atoms with Gasteiger partial charge in [0.05, 0.1) is 6.54 Å². The standard InChI is InChI=1S/C24H30N2O3/c1-16(2)17-10-12-20(13-11-17)25-22(27)21-14-18-8-6-7-9-19(18)15-26(21)23(28)29-24(3,4)5/h6-13,16,21H,14-15H2,1-5H3,(H,25,27)/t21-/m0/s1. The molecule has 154 valence electrons. The van der Waals surface area contributed by atoms with Crippen LogP contribution in [-0.4, -0.2) is 28.5 Å². The van der Waals surface area contributed by atoms with Crippen LogP contribution in [0.3, 0.4) is 0 Å². The van der Waals surface area contributed by atoms with E-state index in [0.717, 1.165) is 16.8 Å². The average molecular weight is 395 g/mol. The summed E-state index contributed by atoms with van der Waals surface area (Å²) in [6.45, 7) is 10.1. The molecule has 5 nitrogen and oxygen atoms in total. The number of carbonyl (C=O) groups is 2. The lowest BCUT2D eigenvalue weighted by atomic mass is 9.93. The van der Waals surface area contributed by atoms with Crippen LogP contribution in [0.15, 0.2) is 48.5 Å². The quantitative estimate of drug-likeness (QED) is 0.787. The maximum Gasteiger partial charge on any atom is 0.411 e. The minimum Gasteiger partial charge on any atom is -0.444 e. The smallest absolute Gasteiger partial charge is 0.411 e. The molecule has 0 bridgehead atoms. The Morgan fingerprint density at radius 3 is 2.24 bits per heavy atom. The van der Waals surface area contributed by atoms with Gasteiger partial charge in [0.15, 0.2) is 0 Å². The predicted molar refractivity (Wildman–Crippen MR) is 115 cm³/mol. The van der Waals surface area contributed by atoms with Crippen LogP contribution in [0.1, 0.15) is 57.2 Å². The summed E-state index contributed by atoms with van der Waals surface area (Å²) in [4.78, 5) is 27.5. The van der Waals surface area contributed by atoms with Gasteiger partial charge < -0.3 is 10.1 Å². The van der Waals surface area contributed by atoms with Gasteiger partial charge in [0.25, 0.3) is 0 Å². The third-order valence-corrected chi connectivity index (χ3v) is 5.02. The average Bonchev–Trinajstić information content (AvgIpc) is 2.66. The van der Waals surface area contributed by atoms with Crippen molar-refractivity contribution in [3.05, 3.63) is 65.2 Å². The van der Waals surface area contributed by atoms with Gasteiger partial charge in [-0.2, -0.15) is 0 Å². The van der Waals surface area contributed by atoms with Crippen LogP contribution < -0.4 is 5.32 Å². The van der Waals surface area contributed by atoms with Crippen LogP contribution in [0.5, 0.6) is 0 Å². The second kappa shape index (κ2) is 8.27. The number of ether oxygens (including phenoxy) is 1. The molecule has 0 saturated carbocycles. The summed E-state index contributed by atoms with van der Waals surface area (Å²) in [7, 11) is 0. The number of nitrogens with one attached hydrogen (secondary N) is 1. The monoisotopic (exact) mass is 394 g/mol. The zero-order chi connectivity index (χ0) is 21.2. The number of nitrogens with zero attached hydrogens (tertiary/aromatic N) is 1. The van der Waals surface area contributed by atoms with Crippen molar-refractivity contribution in [2.45, 2.75) is 65.1 Å². The van der Waals surface area contributed by atoms with Crippen molar-refractivity contribution in [1.82, 2.24) is 4.90 Å². The van der Waals surface area contributed by atoms with E-state index in [1.165, 1.54) is 10.5 Å². The molecule has 1 N–H and O–H groups in total. The lowest BCUT2D eigenvalue weighted by Crippen LogP contribution is -2.52. The number of anilines is 1. The first-order chi connectivity index (χ1) is 13.6. The minimum absolute atomic E-state index is 0.206. The van der Waals surface area contributed by atoms with Gasteiger partial charge in [0.2, 0.25) is 5.91 Å². The van der Waals surface area contributed by atoms with E-state index in [1.807, 2.05) is 69.3 Å². The molecule has 2 aromatic carbocycles. The number of carbonyl (C=O) groups excluding carboxylic acids is 2. The molecule has 1 heterocycles. The first-order valence-electron chi connectivity index (χ1n) is 10.1. The summed E-state index contributed by atoms with van der Waals surface area (Å²) in [6, 6.07) is 15.1. The second-order valence-corrected chi connectivity index (χ2v) is 8.86. The fraction of sp³-hybridized carbons (Fsp3) is 0.417. The fourth-order valence-corrected chi connectivity index (χ4v) is 3.45. The van der Waals surface area contributed by atoms with E-state index in [9.17, 15) is 9.59 Å². The molecular formula is C24H30N2O3. The van der Waals surface area contributed by atoms with Gasteiger partial charge in [-0.05, 0) is 55.5 Å². The van der Waals surface area contributed by atoms with Crippen molar-refractivity contribution < 1.29 is 14.3 Å². The number of rotatable bonds is 3. The van der Waals surface area contributed by atoms with Crippen molar-refractivity contribution in [2.24, 2.45) is 0 Å². The first kappa shape index (κ1) is 20.9. The molecule has 5 heteroatoms. The van der Waals surface area contributed by atoms with Gasteiger partial charge in [-0.15, -0.1) is 0 Å². The molecule has 29 heavy (non-hydrogen) atoms. The summed E-state index contributed by atoms with van der Waals surface area (Å²) < 4.78 is 5.57. The maximum atomic E-state index is 13.1. The van der Waals surface area contributed by atoms with E-state index in [1.54, 1.807) is 0 Å². The highest BCUT2D eigenvalue weighted by Crippen LogP contribution is 2.26. The zero-order valence-corrected chi connectivity index (χ0v) is 17.9. The Hall–Kier alpha value is -2.82. The summed E-state index contributed by atoms with van der Waals surface area (Å²) in [5, 5.41) is 2.97. The topological polar surface area (TPSA) is 58.6 Å². The molecule has 3 rings (SSSR count). The number of hydrogen-bond acceptors (Lipinski definition) is 3. The Balaban J connectivity index is 1.82. The molecule has 2 aromatic rings. The summed E-state index contributed by atoms with van der Waals surface area (Å²) >= 11 is 0. The van der Waals surface area contributed by atoms with E-state index in [0.29, 0.717) is 18.9 Å². The maximum absolute atomic E-state index is 13.1. The van der Waals surface area contributed by atoms with Gasteiger partial charge in [0.1, 0.15) is 11.6 Å². The Morgan fingerprint density at radius 1 is 1.03 bits per heavy atom. The van der Waals surface area contributed by atoms with Crippen molar-refractivity contribution in [3.8, 4) is 0 Å². The van der Waals surface area contributed by atoms with Crippen LogP contribution in [0, 0.1) is 0 Å². The second-order valence-electron chi connectivity index (χ2n) is 8.86. The van der Waals surface area contributed by atoms with Crippen molar-refractivity contribution in [1.29, 1.82) is 0 Å². The molecule has 1 aliphatic heterocycles. The highest BCUT2D eigenvalue weighted by Gasteiger charge is 2.37. The minimum atomic E-state index is -0.623. The third kappa shape index (κ3) is 5.17. The molecule has 0 spiro atoms. The van der Waals surface area contributed by atoms with Crippen molar-refractivity contribution >= 4 is 17.7 Å². The Morgan fingerprint density at radius 2 is 1.66 bits per heavy atom. The number of amides is 2. The van der Waals surface area contributed by atoms with E-state index in [2.05, 4.69) is 19.2 Å². The molecular weight excluding hydrogens is 364 g/mol. The third-order valence-electron chi connectivity index (χ3n) is 5.02. The normalized spacial score (nSPS) is 16.3. The number of benzene rings is 2. The lowest BCUT2D eigenvalue weighted by molar-refractivity contribution is -0.121. The van der Waals surface area contributed by atoms with Gasteiger partial charge in [0, 0.05) is 12.1 Å². The van der Waals surface area contributed by atoms with Gasteiger partial charge in [-0.1, -0.05) is 50.2 Å². The predicted octanol–water partition coefficient (Wildman–Crippen LogP) is 5.11. The first-order valence-corrected chi connectivity index (χ1v) is 10.1. The summed E-state index contributed by atoms with van der Waals surface area (Å²) in [6.07, 6.45) is -0.00647.